The summed E-state index contributed by atoms with van der Waals surface area (Å²) in [5.74, 6) is -0.574. The number of ketones is 1. The smallest absolute Gasteiger partial charge is 0.160 e. The Morgan fingerprint density at radius 3 is 2.67 bits per heavy atom. The molecule has 0 amide bonds. The van der Waals surface area contributed by atoms with Gasteiger partial charge in [0, 0.05) is 22.0 Å². The Hall–Kier alpha value is -1.90. The molecule has 2 aromatic carbocycles. The van der Waals surface area contributed by atoms with Crippen LogP contribution in [-0.4, -0.2) is 5.78 Å². The van der Waals surface area contributed by atoms with Crippen LogP contribution in [0.15, 0.2) is 30.3 Å². The Morgan fingerprint density at radius 1 is 1.27 bits per heavy atom. The van der Waals surface area contributed by atoms with Crippen LogP contribution >= 0.6 is 0 Å². The lowest BCUT2D eigenvalue weighted by molar-refractivity contribution is 0.101. The van der Waals surface area contributed by atoms with Gasteiger partial charge >= 0.3 is 0 Å². The van der Waals surface area contributed by atoms with Crippen LogP contribution < -0.4 is 5.73 Å². The zero-order valence-corrected chi connectivity index (χ0v) is 8.25. The van der Waals surface area contributed by atoms with Crippen molar-refractivity contribution in [2.45, 2.75) is 6.92 Å². The van der Waals surface area contributed by atoms with Crippen LogP contribution in [0, 0.1) is 5.82 Å². The van der Waals surface area contributed by atoms with Gasteiger partial charge in [-0.3, -0.25) is 4.79 Å². The van der Waals surface area contributed by atoms with Gasteiger partial charge in [-0.05, 0) is 25.1 Å². The average molecular weight is 203 g/mol. The molecule has 0 aliphatic heterocycles. The highest BCUT2D eigenvalue weighted by atomic mass is 19.1. The standard InChI is InChI=1S/C12H10FNO/c1-7(15)8-5-6-11(14)9-3-2-4-10(13)12(8)9/h2-6H,14H2,1H3. The van der Waals surface area contributed by atoms with E-state index < -0.39 is 5.82 Å². The Labute approximate surface area is 86.5 Å². The van der Waals surface area contributed by atoms with E-state index in [1.165, 1.54) is 13.0 Å². The van der Waals surface area contributed by atoms with Crippen molar-refractivity contribution in [1.82, 2.24) is 0 Å². The molecule has 0 aliphatic carbocycles. The molecule has 15 heavy (non-hydrogen) atoms. The summed E-state index contributed by atoms with van der Waals surface area (Å²) in [6.45, 7) is 1.41. The van der Waals surface area contributed by atoms with Crippen molar-refractivity contribution in [1.29, 1.82) is 0 Å². The van der Waals surface area contributed by atoms with E-state index in [0.717, 1.165) is 0 Å². The van der Waals surface area contributed by atoms with Gasteiger partial charge in [-0.2, -0.15) is 0 Å². The van der Waals surface area contributed by atoms with E-state index in [1.54, 1.807) is 24.3 Å². The highest BCUT2D eigenvalue weighted by molar-refractivity contribution is 6.10. The third-order valence-corrected chi connectivity index (χ3v) is 2.40. The number of hydrogen-bond donors (Lipinski definition) is 1. The largest absolute Gasteiger partial charge is 0.398 e. The predicted octanol–water partition coefficient (Wildman–Crippen LogP) is 2.76. The van der Waals surface area contributed by atoms with E-state index in [-0.39, 0.29) is 5.78 Å². The van der Waals surface area contributed by atoms with Gasteiger partial charge in [-0.25, -0.2) is 4.39 Å². The molecule has 0 heterocycles. The predicted molar refractivity (Wildman–Crippen MR) is 58.3 cm³/mol. The second-order valence-corrected chi connectivity index (χ2v) is 3.42. The molecule has 3 heteroatoms. The molecular weight excluding hydrogens is 193 g/mol. The van der Waals surface area contributed by atoms with Gasteiger partial charge in [0.1, 0.15) is 5.82 Å². The zero-order chi connectivity index (χ0) is 11.0. The minimum absolute atomic E-state index is 0.162. The third-order valence-electron chi connectivity index (χ3n) is 2.40. The van der Waals surface area contributed by atoms with E-state index in [9.17, 15) is 9.18 Å². The number of rotatable bonds is 1. The van der Waals surface area contributed by atoms with Gasteiger partial charge in [0.05, 0.1) is 0 Å². The highest BCUT2D eigenvalue weighted by Crippen LogP contribution is 2.27. The normalized spacial score (nSPS) is 10.5. The van der Waals surface area contributed by atoms with Crippen LogP contribution in [-0.2, 0) is 0 Å². The molecule has 2 aromatic rings. The molecule has 0 atom stereocenters. The Morgan fingerprint density at radius 2 is 2.00 bits per heavy atom. The van der Waals surface area contributed by atoms with Crippen LogP contribution in [0.4, 0.5) is 10.1 Å². The molecule has 2 rings (SSSR count). The second-order valence-electron chi connectivity index (χ2n) is 3.42. The lowest BCUT2D eigenvalue weighted by Crippen LogP contribution is -1.98. The van der Waals surface area contributed by atoms with E-state index in [4.69, 9.17) is 5.73 Å². The van der Waals surface area contributed by atoms with Crippen molar-refractivity contribution in [3.05, 3.63) is 41.7 Å². The molecule has 0 saturated carbocycles. The minimum Gasteiger partial charge on any atom is -0.398 e. The van der Waals surface area contributed by atoms with Crippen LogP contribution in [0.5, 0.6) is 0 Å². The molecule has 0 aliphatic rings. The van der Waals surface area contributed by atoms with E-state index >= 15 is 0 Å². The van der Waals surface area contributed by atoms with Gasteiger partial charge < -0.3 is 5.73 Å². The molecule has 0 radical (unpaired) electrons. The Balaban J connectivity index is 2.96. The van der Waals surface area contributed by atoms with Crippen molar-refractivity contribution in [2.24, 2.45) is 0 Å². The summed E-state index contributed by atoms with van der Waals surface area (Å²) < 4.78 is 13.6. The fraction of sp³-hybridized carbons (Fsp3) is 0.0833. The first-order valence-corrected chi connectivity index (χ1v) is 4.59. The number of Topliss-reactive ketones (excluding diaryl/α,β-unsaturated/α-hetero) is 1. The summed E-state index contributed by atoms with van der Waals surface area (Å²) in [4.78, 5) is 11.3. The molecule has 2 N–H and O–H groups in total. The number of benzene rings is 2. The fourth-order valence-corrected chi connectivity index (χ4v) is 1.68. The summed E-state index contributed by atoms with van der Waals surface area (Å²) in [6, 6.07) is 7.80. The number of halogens is 1. The first kappa shape index (κ1) is 9.65. The molecule has 0 unspecified atom stereocenters. The topological polar surface area (TPSA) is 43.1 Å². The van der Waals surface area contributed by atoms with Gasteiger partial charge in [0.15, 0.2) is 5.78 Å². The molecule has 76 valence electrons. The number of fused-ring (bicyclic) bond motifs is 1. The fourth-order valence-electron chi connectivity index (χ4n) is 1.68. The Kier molecular flexibility index (Phi) is 2.15. The number of nitrogen functional groups attached to an aromatic ring is 1. The van der Waals surface area contributed by atoms with Gasteiger partial charge in [0.25, 0.3) is 0 Å². The van der Waals surface area contributed by atoms with Gasteiger partial charge in [0.2, 0.25) is 0 Å². The van der Waals surface area contributed by atoms with E-state index in [2.05, 4.69) is 0 Å². The number of carbonyl (C=O) groups excluding carboxylic acids is 1. The number of carbonyl (C=O) groups is 1. The third kappa shape index (κ3) is 1.46. The minimum atomic E-state index is -0.412. The average Bonchev–Trinajstić information content (AvgIpc) is 2.19. The monoisotopic (exact) mass is 203 g/mol. The molecule has 0 fully saturated rings. The molecule has 0 aromatic heterocycles. The SMILES string of the molecule is CC(=O)c1ccc(N)c2cccc(F)c12. The van der Waals surface area contributed by atoms with Crippen molar-refractivity contribution in [3.63, 3.8) is 0 Å². The van der Waals surface area contributed by atoms with E-state index in [1.807, 2.05) is 0 Å². The maximum absolute atomic E-state index is 13.6. The highest BCUT2D eigenvalue weighted by Gasteiger charge is 2.11. The summed E-state index contributed by atoms with van der Waals surface area (Å²) in [7, 11) is 0. The van der Waals surface area contributed by atoms with Gasteiger partial charge in [-0.15, -0.1) is 0 Å². The van der Waals surface area contributed by atoms with Crippen molar-refractivity contribution in [3.8, 4) is 0 Å². The van der Waals surface area contributed by atoms with Crippen LogP contribution in [0.2, 0.25) is 0 Å². The zero-order valence-electron chi connectivity index (χ0n) is 8.25. The van der Waals surface area contributed by atoms with Crippen molar-refractivity contribution >= 4 is 22.2 Å². The molecule has 0 spiro atoms. The number of anilines is 1. The second kappa shape index (κ2) is 3.35. The summed E-state index contributed by atoms with van der Waals surface area (Å²) in [6.07, 6.45) is 0. The maximum Gasteiger partial charge on any atom is 0.160 e. The summed E-state index contributed by atoms with van der Waals surface area (Å²) in [5, 5.41) is 0.896. The lowest BCUT2D eigenvalue weighted by atomic mass is 10.0. The Bertz CT molecular complexity index is 549. The van der Waals surface area contributed by atoms with E-state index in [0.29, 0.717) is 22.0 Å². The van der Waals surface area contributed by atoms with Crippen molar-refractivity contribution < 1.29 is 9.18 Å². The first-order chi connectivity index (χ1) is 7.11. The molecule has 2 nitrogen and oxygen atoms in total. The van der Waals surface area contributed by atoms with Crippen LogP contribution in [0.1, 0.15) is 17.3 Å². The first-order valence-electron chi connectivity index (χ1n) is 4.59. The van der Waals surface area contributed by atoms with Gasteiger partial charge in [-0.1, -0.05) is 12.1 Å². The van der Waals surface area contributed by atoms with Crippen LogP contribution in [0.3, 0.4) is 0 Å². The van der Waals surface area contributed by atoms with Crippen LogP contribution in [0.25, 0.3) is 10.8 Å². The quantitative estimate of drug-likeness (QED) is 0.572. The molecular formula is C12H10FNO. The summed E-state index contributed by atoms with van der Waals surface area (Å²) >= 11 is 0. The number of hydrogen-bond acceptors (Lipinski definition) is 2. The summed E-state index contributed by atoms with van der Waals surface area (Å²) in [5.41, 5.74) is 6.57. The molecule has 0 bridgehead atoms. The number of nitrogens with two attached hydrogens (primary N) is 1. The molecule has 0 saturated heterocycles. The lowest BCUT2D eigenvalue weighted by Gasteiger charge is -2.06. The van der Waals surface area contributed by atoms with Crippen molar-refractivity contribution in [2.75, 3.05) is 5.73 Å². The maximum atomic E-state index is 13.6.